The highest BCUT2D eigenvalue weighted by molar-refractivity contribution is 6.06. The van der Waals surface area contributed by atoms with Gasteiger partial charge in [0.1, 0.15) is 22.3 Å². The number of aromatic hydroxyl groups is 1. The van der Waals surface area contributed by atoms with Crippen molar-refractivity contribution in [2.24, 2.45) is 11.8 Å². The first-order valence-electron chi connectivity index (χ1n) is 12.3. The van der Waals surface area contributed by atoms with Crippen LogP contribution in [0.5, 0.6) is 5.75 Å². The third kappa shape index (κ3) is 6.79. The topological polar surface area (TPSA) is 148 Å². The van der Waals surface area contributed by atoms with Gasteiger partial charge in [0.25, 0.3) is 5.91 Å². The molecule has 194 valence electrons. The van der Waals surface area contributed by atoms with Crippen LogP contribution in [0.2, 0.25) is 0 Å². The van der Waals surface area contributed by atoms with Crippen molar-refractivity contribution in [1.82, 2.24) is 31.2 Å². The largest absolute Gasteiger partial charge is 0.507 e. The van der Waals surface area contributed by atoms with Crippen molar-refractivity contribution in [3.63, 3.8) is 0 Å². The highest BCUT2D eigenvalue weighted by Gasteiger charge is 2.16. The van der Waals surface area contributed by atoms with Gasteiger partial charge in [-0.05, 0) is 37.1 Å². The number of hydrogen-bond acceptors (Lipinski definition) is 8. The van der Waals surface area contributed by atoms with E-state index in [0.717, 1.165) is 19.2 Å². The number of H-pyrrole nitrogens is 1. The van der Waals surface area contributed by atoms with E-state index in [4.69, 9.17) is 0 Å². The molecule has 0 fully saturated rings. The maximum atomic E-state index is 12.8. The lowest BCUT2D eigenvalue weighted by Crippen LogP contribution is -2.33. The summed E-state index contributed by atoms with van der Waals surface area (Å²) >= 11 is 0. The van der Waals surface area contributed by atoms with Gasteiger partial charge in [0.15, 0.2) is 0 Å². The summed E-state index contributed by atoms with van der Waals surface area (Å²) in [5, 5.41) is 23.2. The van der Waals surface area contributed by atoms with Crippen LogP contribution in [0.15, 0.2) is 27.8 Å². The van der Waals surface area contributed by atoms with Crippen LogP contribution in [0.25, 0.3) is 28.3 Å². The Kier molecular flexibility index (Phi) is 9.38. The maximum absolute atomic E-state index is 12.8. The Morgan fingerprint density at radius 1 is 0.944 bits per heavy atom. The number of phenolic OH excluding ortho intramolecular Hbond substituents is 1. The van der Waals surface area contributed by atoms with Gasteiger partial charge >= 0.3 is 0 Å². The normalized spacial score (nSPS) is 12.2. The number of amides is 1. The zero-order chi connectivity index (χ0) is 26.2. The van der Waals surface area contributed by atoms with Crippen LogP contribution >= 0.6 is 0 Å². The predicted octanol–water partition coefficient (Wildman–Crippen LogP) is 0.410. The molecule has 36 heavy (non-hydrogen) atoms. The number of hydrogen-bond donors (Lipinski definition) is 6. The van der Waals surface area contributed by atoms with Gasteiger partial charge in [-0.3, -0.25) is 14.4 Å². The molecule has 0 aliphatic heterocycles. The van der Waals surface area contributed by atoms with E-state index < -0.39 is 10.9 Å². The number of carbonyl (C=O) groups excluding carboxylic acids is 1. The Labute approximate surface area is 209 Å². The third-order valence-electron chi connectivity index (χ3n) is 5.53. The minimum absolute atomic E-state index is 0.0198. The second kappa shape index (κ2) is 12.5. The van der Waals surface area contributed by atoms with Gasteiger partial charge in [-0.2, -0.15) is 0 Å². The maximum Gasteiger partial charge on any atom is 0.253 e. The molecule has 0 radical (unpaired) electrons. The van der Waals surface area contributed by atoms with Crippen LogP contribution < -0.4 is 37.3 Å². The first-order valence-corrected chi connectivity index (χ1v) is 12.3. The molecule has 0 saturated heterocycles. The van der Waals surface area contributed by atoms with E-state index in [1.54, 1.807) is 6.20 Å². The highest BCUT2D eigenvalue weighted by Crippen LogP contribution is 2.15. The summed E-state index contributed by atoms with van der Waals surface area (Å²) in [4.78, 5) is 45.5. The number of aromatic nitrogens is 2. The van der Waals surface area contributed by atoms with Crippen molar-refractivity contribution in [3.05, 3.63) is 49.4 Å². The standard InChI is InChI=1S/C26H36N6O4/c1-15(2)12-27-7-8-29-14-18-20(34)11-21(35)25-23(18)32-24-19(33)6-5-17(22(24)31-25)26(36)30-10-9-28-13-16(3)4/h5-6,11,14-16,27-29,31,34H,7-10,12-13H2,1-4H3,(H,30,36)/b18-14-. The summed E-state index contributed by atoms with van der Waals surface area (Å²) in [6.07, 6.45) is 1.58. The molecular weight excluding hydrogens is 460 g/mol. The molecule has 0 aliphatic carbocycles. The molecule has 2 aromatic carbocycles. The summed E-state index contributed by atoms with van der Waals surface area (Å²) in [5.74, 6) is 0.417. The second-order valence-electron chi connectivity index (χ2n) is 9.65. The number of phenols is 1. The number of benzene rings is 2. The zero-order valence-corrected chi connectivity index (χ0v) is 21.3. The van der Waals surface area contributed by atoms with Gasteiger partial charge in [-0.1, -0.05) is 27.7 Å². The molecule has 1 amide bonds. The number of aromatic amines is 1. The molecule has 0 atom stereocenters. The summed E-state index contributed by atoms with van der Waals surface area (Å²) in [7, 11) is 0. The first-order chi connectivity index (χ1) is 17.2. The van der Waals surface area contributed by atoms with Crippen molar-refractivity contribution in [3.8, 4) is 5.75 Å². The van der Waals surface area contributed by atoms with Crippen molar-refractivity contribution in [2.75, 3.05) is 39.3 Å². The average molecular weight is 497 g/mol. The molecule has 0 spiro atoms. The van der Waals surface area contributed by atoms with E-state index >= 15 is 0 Å². The molecule has 1 aromatic heterocycles. The average Bonchev–Trinajstić information content (AvgIpc) is 2.82. The molecule has 10 heteroatoms. The fourth-order valence-corrected chi connectivity index (χ4v) is 3.74. The molecule has 3 aromatic rings. The van der Waals surface area contributed by atoms with E-state index in [2.05, 4.69) is 58.9 Å². The quantitative estimate of drug-likeness (QED) is 0.156. The van der Waals surface area contributed by atoms with Crippen LogP contribution in [0.1, 0.15) is 38.1 Å². The minimum atomic E-state index is -0.492. The third-order valence-corrected chi connectivity index (χ3v) is 5.53. The van der Waals surface area contributed by atoms with E-state index in [0.29, 0.717) is 38.0 Å². The fourth-order valence-electron chi connectivity index (χ4n) is 3.74. The molecule has 3 rings (SSSR count). The molecule has 0 bridgehead atoms. The summed E-state index contributed by atoms with van der Waals surface area (Å²) in [6.45, 7) is 12.5. The van der Waals surface area contributed by atoms with Crippen LogP contribution in [-0.4, -0.2) is 60.3 Å². The Bertz CT molecular complexity index is 1380. The number of nitrogens with zero attached hydrogens (tertiary/aromatic N) is 1. The van der Waals surface area contributed by atoms with Crippen molar-refractivity contribution in [2.45, 2.75) is 27.7 Å². The van der Waals surface area contributed by atoms with Crippen LogP contribution in [0.3, 0.4) is 0 Å². The van der Waals surface area contributed by atoms with Gasteiger partial charge in [0.05, 0.1) is 16.3 Å². The Hall–Kier alpha value is -3.50. The van der Waals surface area contributed by atoms with Crippen molar-refractivity contribution >= 4 is 34.2 Å². The lowest BCUT2D eigenvalue weighted by Gasteiger charge is -2.11. The molecule has 1 heterocycles. The lowest BCUT2D eigenvalue weighted by atomic mass is 10.1. The zero-order valence-electron chi connectivity index (χ0n) is 21.3. The molecule has 0 aliphatic rings. The van der Waals surface area contributed by atoms with Crippen molar-refractivity contribution in [1.29, 1.82) is 0 Å². The van der Waals surface area contributed by atoms with Gasteiger partial charge in [-0.25, -0.2) is 4.98 Å². The Morgan fingerprint density at radius 3 is 2.28 bits per heavy atom. The SMILES string of the molecule is CC(C)CNCCN/C=c1/c(O)cc(=O)c2[nH]c3c(C(=O)NCCNCC(C)C)ccc(=O)c3nc12. The molecule has 10 nitrogen and oxygen atoms in total. The van der Waals surface area contributed by atoms with E-state index in [1.807, 2.05) is 0 Å². The Balaban J connectivity index is 1.93. The summed E-state index contributed by atoms with van der Waals surface area (Å²) in [5.41, 5.74) is -0.213. The number of rotatable bonds is 12. The predicted molar refractivity (Wildman–Crippen MR) is 143 cm³/mol. The molecular formula is C26H36N6O4. The number of nitrogens with one attached hydrogen (secondary N) is 5. The summed E-state index contributed by atoms with van der Waals surface area (Å²) < 4.78 is 0. The monoisotopic (exact) mass is 496 g/mol. The second-order valence-corrected chi connectivity index (χ2v) is 9.65. The summed E-state index contributed by atoms with van der Waals surface area (Å²) in [6, 6.07) is 3.80. The van der Waals surface area contributed by atoms with Gasteiger partial charge in [-0.15, -0.1) is 0 Å². The van der Waals surface area contributed by atoms with Gasteiger partial charge in [0, 0.05) is 38.4 Å². The van der Waals surface area contributed by atoms with Gasteiger partial charge in [0.2, 0.25) is 10.9 Å². The minimum Gasteiger partial charge on any atom is -0.507 e. The number of fused-ring (bicyclic) bond motifs is 2. The van der Waals surface area contributed by atoms with Crippen LogP contribution in [0, 0.1) is 11.8 Å². The van der Waals surface area contributed by atoms with E-state index in [-0.39, 0.29) is 44.5 Å². The van der Waals surface area contributed by atoms with Gasteiger partial charge < -0.3 is 31.4 Å². The smallest absolute Gasteiger partial charge is 0.253 e. The highest BCUT2D eigenvalue weighted by atomic mass is 16.3. The van der Waals surface area contributed by atoms with E-state index in [9.17, 15) is 19.5 Å². The first kappa shape index (κ1) is 27.1. The van der Waals surface area contributed by atoms with Crippen LogP contribution in [0.4, 0.5) is 0 Å². The van der Waals surface area contributed by atoms with Crippen LogP contribution in [-0.2, 0) is 0 Å². The van der Waals surface area contributed by atoms with E-state index in [1.165, 1.54) is 12.1 Å². The van der Waals surface area contributed by atoms with Crippen molar-refractivity contribution < 1.29 is 9.90 Å². The Morgan fingerprint density at radius 2 is 1.61 bits per heavy atom. The fraction of sp³-hybridized carbons (Fsp3) is 0.462. The number of carbonyl (C=O) groups is 1. The molecule has 6 N–H and O–H groups in total. The molecule has 0 saturated carbocycles. The lowest BCUT2D eigenvalue weighted by molar-refractivity contribution is 0.0955. The molecule has 0 unspecified atom stereocenters.